The van der Waals surface area contributed by atoms with Crippen LogP contribution in [0.1, 0.15) is 11.1 Å². The minimum atomic E-state index is -3.60. The monoisotopic (exact) mass is 414 g/mol. The van der Waals surface area contributed by atoms with Crippen molar-refractivity contribution in [2.24, 2.45) is 4.99 Å². The van der Waals surface area contributed by atoms with Gasteiger partial charge in [0.2, 0.25) is 0 Å². The van der Waals surface area contributed by atoms with Gasteiger partial charge in [-0.25, -0.2) is 12.7 Å². The van der Waals surface area contributed by atoms with Crippen molar-refractivity contribution in [3.63, 3.8) is 0 Å². The van der Waals surface area contributed by atoms with Crippen molar-refractivity contribution >= 4 is 50.2 Å². The highest BCUT2D eigenvalue weighted by atomic mass is 35.5. The van der Waals surface area contributed by atoms with E-state index in [1.807, 2.05) is 13.0 Å². The lowest BCUT2D eigenvalue weighted by molar-refractivity contribution is 0.540. The Morgan fingerprint density at radius 1 is 1.16 bits per heavy atom. The summed E-state index contributed by atoms with van der Waals surface area (Å²) in [4.78, 5) is 4.62. The first kappa shape index (κ1) is 18.6. The number of halogens is 2. The number of hydrogen-bond acceptors (Lipinski definition) is 4. The summed E-state index contributed by atoms with van der Waals surface area (Å²) in [5, 5.41) is 1.62. The molecule has 0 unspecified atom stereocenters. The molecule has 0 fully saturated rings. The van der Waals surface area contributed by atoms with Crippen molar-refractivity contribution in [1.82, 2.24) is 4.31 Å². The Labute approximate surface area is 161 Å². The highest BCUT2D eigenvalue weighted by molar-refractivity contribution is 8.14. The molecule has 0 saturated carbocycles. The zero-order chi connectivity index (χ0) is 18.0. The van der Waals surface area contributed by atoms with Crippen LogP contribution >= 0.6 is 35.0 Å². The first-order valence-electron chi connectivity index (χ1n) is 7.58. The topological polar surface area (TPSA) is 49.7 Å². The van der Waals surface area contributed by atoms with E-state index in [0.29, 0.717) is 34.1 Å². The number of rotatable bonds is 4. The van der Waals surface area contributed by atoms with Crippen molar-refractivity contribution in [2.45, 2.75) is 17.6 Å². The molecular weight excluding hydrogens is 399 g/mol. The number of hydrogen-bond donors (Lipinski definition) is 0. The van der Waals surface area contributed by atoms with Crippen LogP contribution in [0.2, 0.25) is 10.0 Å². The maximum Gasteiger partial charge on any atom is 0.265 e. The second-order valence-corrected chi connectivity index (χ2v) is 9.23. The van der Waals surface area contributed by atoms with E-state index in [1.165, 1.54) is 16.1 Å². The van der Waals surface area contributed by atoms with E-state index in [0.717, 1.165) is 11.1 Å². The van der Waals surface area contributed by atoms with Crippen LogP contribution in [-0.2, 0) is 15.8 Å². The van der Waals surface area contributed by atoms with Crippen molar-refractivity contribution < 1.29 is 8.42 Å². The number of sulfonamides is 1. The summed E-state index contributed by atoms with van der Waals surface area (Å²) >= 11 is 13.4. The molecule has 0 N–H and O–H groups in total. The predicted octanol–water partition coefficient (Wildman–Crippen LogP) is 4.60. The van der Waals surface area contributed by atoms with Gasteiger partial charge in [0.25, 0.3) is 10.0 Å². The normalized spacial score (nSPS) is 14.7. The van der Waals surface area contributed by atoms with Crippen LogP contribution < -0.4 is 0 Å². The molecule has 0 amide bonds. The van der Waals surface area contributed by atoms with E-state index in [9.17, 15) is 8.42 Å². The average molecular weight is 415 g/mol. The second-order valence-electron chi connectivity index (χ2n) is 5.58. The second kappa shape index (κ2) is 7.58. The molecule has 3 rings (SSSR count). The smallest absolute Gasteiger partial charge is 0.260 e. The van der Waals surface area contributed by atoms with Crippen LogP contribution in [0.4, 0.5) is 0 Å². The van der Waals surface area contributed by atoms with Gasteiger partial charge in [0.05, 0.1) is 18.0 Å². The lowest BCUT2D eigenvalue weighted by Gasteiger charge is -2.20. The van der Waals surface area contributed by atoms with Gasteiger partial charge >= 0.3 is 0 Å². The van der Waals surface area contributed by atoms with Crippen LogP contribution in [0.25, 0.3) is 0 Å². The molecular formula is C17H16Cl2N2O2S2. The number of amidine groups is 1. The predicted molar refractivity (Wildman–Crippen MR) is 105 cm³/mol. The fourth-order valence-corrected chi connectivity index (χ4v) is 5.65. The Balaban J connectivity index is 1.77. The van der Waals surface area contributed by atoms with Crippen LogP contribution in [0.15, 0.2) is 52.4 Å². The molecule has 4 nitrogen and oxygen atoms in total. The Kier molecular flexibility index (Phi) is 5.63. The summed E-state index contributed by atoms with van der Waals surface area (Å²) in [6, 6.07) is 12.1. The third-order valence-electron chi connectivity index (χ3n) is 3.74. The highest BCUT2D eigenvalue weighted by Gasteiger charge is 2.30. The summed E-state index contributed by atoms with van der Waals surface area (Å²) in [5.74, 6) is 0.523. The number of thioether (sulfide) groups is 1. The lowest BCUT2D eigenvalue weighted by atomic mass is 10.2. The van der Waals surface area contributed by atoms with Gasteiger partial charge in [0, 0.05) is 15.8 Å². The number of aliphatic imine (C=N–C) groups is 1. The number of nitrogens with zero attached hydrogens (tertiary/aromatic N) is 2. The molecule has 0 atom stereocenters. The van der Waals surface area contributed by atoms with E-state index in [4.69, 9.17) is 23.2 Å². The van der Waals surface area contributed by atoms with Gasteiger partial charge < -0.3 is 0 Å². The van der Waals surface area contributed by atoms with Crippen molar-refractivity contribution in [2.75, 3.05) is 13.1 Å². The maximum atomic E-state index is 12.9. The van der Waals surface area contributed by atoms with Gasteiger partial charge in [0.15, 0.2) is 5.17 Å². The van der Waals surface area contributed by atoms with E-state index < -0.39 is 10.0 Å². The highest BCUT2D eigenvalue weighted by Crippen LogP contribution is 2.29. The first-order chi connectivity index (χ1) is 11.9. The van der Waals surface area contributed by atoms with Gasteiger partial charge in [-0.05, 0) is 36.8 Å². The molecule has 0 spiro atoms. The minimum Gasteiger partial charge on any atom is -0.260 e. The Hall–Kier alpha value is -1.21. The molecule has 0 aromatic heterocycles. The van der Waals surface area contributed by atoms with Crippen LogP contribution in [0.3, 0.4) is 0 Å². The van der Waals surface area contributed by atoms with E-state index in [-0.39, 0.29) is 4.90 Å². The van der Waals surface area contributed by atoms with Gasteiger partial charge in [-0.1, -0.05) is 58.7 Å². The Morgan fingerprint density at radius 2 is 1.88 bits per heavy atom. The molecule has 0 aliphatic carbocycles. The maximum absolute atomic E-state index is 12.9. The quantitative estimate of drug-likeness (QED) is 0.734. The Bertz CT molecular complexity index is 913. The molecule has 8 heteroatoms. The van der Waals surface area contributed by atoms with Gasteiger partial charge in [-0.15, -0.1) is 0 Å². The molecule has 2 aromatic rings. The summed E-state index contributed by atoms with van der Waals surface area (Å²) in [6.07, 6.45) is 0. The first-order valence-corrected chi connectivity index (χ1v) is 10.8. The van der Waals surface area contributed by atoms with Crippen LogP contribution in [-0.4, -0.2) is 31.0 Å². The molecule has 2 aromatic carbocycles. The largest absolute Gasteiger partial charge is 0.265 e. The van der Waals surface area contributed by atoms with Gasteiger partial charge in [-0.3, -0.25) is 4.99 Å². The molecule has 0 radical (unpaired) electrons. The number of benzene rings is 2. The zero-order valence-electron chi connectivity index (χ0n) is 13.4. The van der Waals surface area contributed by atoms with Gasteiger partial charge in [-0.2, -0.15) is 0 Å². The fraction of sp³-hybridized carbons (Fsp3) is 0.235. The van der Waals surface area contributed by atoms with E-state index in [1.54, 1.807) is 36.4 Å². The fourth-order valence-electron chi connectivity index (χ4n) is 2.37. The third kappa shape index (κ3) is 4.14. The molecule has 1 aliphatic heterocycles. The summed E-state index contributed by atoms with van der Waals surface area (Å²) in [6.45, 7) is 2.74. The van der Waals surface area contributed by atoms with Crippen LogP contribution in [0, 0.1) is 6.92 Å². The molecule has 1 aliphatic rings. The van der Waals surface area contributed by atoms with Crippen molar-refractivity contribution in [3.05, 3.63) is 63.6 Å². The lowest BCUT2D eigenvalue weighted by Crippen LogP contribution is -2.32. The van der Waals surface area contributed by atoms with E-state index >= 15 is 0 Å². The molecule has 132 valence electrons. The number of aryl methyl sites for hydroxylation is 1. The van der Waals surface area contributed by atoms with Crippen molar-refractivity contribution in [1.29, 1.82) is 0 Å². The third-order valence-corrected chi connectivity index (χ3v) is 7.31. The standard InChI is InChI=1S/C17H16Cl2N2O2S2/c1-12-2-6-15(7-3-12)25(22,23)21-9-8-20-17(21)24-11-13-4-5-14(18)10-16(13)19/h2-7,10H,8-9,11H2,1H3. The summed E-state index contributed by atoms with van der Waals surface area (Å²) < 4.78 is 27.1. The summed E-state index contributed by atoms with van der Waals surface area (Å²) in [5.41, 5.74) is 1.90. The molecule has 1 heterocycles. The molecule has 25 heavy (non-hydrogen) atoms. The average Bonchev–Trinajstić information content (AvgIpc) is 3.04. The Morgan fingerprint density at radius 3 is 2.56 bits per heavy atom. The van der Waals surface area contributed by atoms with E-state index in [2.05, 4.69) is 4.99 Å². The molecule has 0 saturated heterocycles. The van der Waals surface area contributed by atoms with Crippen molar-refractivity contribution in [3.8, 4) is 0 Å². The minimum absolute atomic E-state index is 0.276. The van der Waals surface area contributed by atoms with Crippen LogP contribution in [0.5, 0.6) is 0 Å². The zero-order valence-corrected chi connectivity index (χ0v) is 16.6. The molecule has 0 bridgehead atoms. The van der Waals surface area contributed by atoms with Gasteiger partial charge in [0.1, 0.15) is 0 Å². The summed E-state index contributed by atoms with van der Waals surface area (Å²) in [7, 11) is -3.60. The SMILES string of the molecule is Cc1ccc(S(=O)(=O)N2CCN=C2SCc2ccc(Cl)cc2Cl)cc1.